The molecule has 0 aliphatic heterocycles. The predicted molar refractivity (Wildman–Crippen MR) is 66.5 cm³/mol. The minimum Gasteiger partial charge on any atom is -0.461 e. The van der Waals surface area contributed by atoms with Gasteiger partial charge in [0.15, 0.2) is 0 Å². The molecule has 0 radical (unpaired) electrons. The van der Waals surface area contributed by atoms with Crippen LogP contribution in [0.4, 0.5) is 0 Å². The van der Waals surface area contributed by atoms with Crippen LogP contribution in [0.3, 0.4) is 0 Å². The van der Waals surface area contributed by atoms with Crippen LogP contribution in [0.1, 0.15) is 34.1 Å². The first-order valence-corrected chi connectivity index (χ1v) is 6.01. The highest BCUT2D eigenvalue weighted by molar-refractivity contribution is 5.85. The monoisotopic (exact) mass is 244 g/mol. The number of hydrogen-bond acceptors (Lipinski definition) is 4. The Bertz CT molecular complexity index is 252. The second-order valence-corrected chi connectivity index (χ2v) is 4.77. The average molecular weight is 244 g/mol. The van der Waals surface area contributed by atoms with Gasteiger partial charge in [0, 0.05) is 0 Å². The summed E-state index contributed by atoms with van der Waals surface area (Å²) in [5.74, 6) is -0.244. The molecule has 17 heavy (non-hydrogen) atoms. The van der Waals surface area contributed by atoms with E-state index in [1.165, 1.54) is 0 Å². The lowest BCUT2D eigenvalue weighted by Crippen LogP contribution is -2.46. The Hall–Kier alpha value is -1.10. The number of esters is 1. The topological polar surface area (TPSA) is 67.4 Å². The van der Waals surface area contributed by atoms with Gasteiger partial charge in [-0.1, -0.05) is 13.8 Å². The van der Waals surface area contributed by atoms with E-state index in [2.05, 4.69) is 10.6 Å². The fourth-order valence-electron chi connectivity index (χ4n) is 1.41. The first-order valence-electron chi connectivity index (χ1n) is 6.01. The van der Waals surface area contributed by atoms with Crippen molar-refractivity contribution in [3.8, 4) is 0 Å². The summed E-state index contributed by atoms with van der Waals surface area (Å²) >= 11 is 0. The smallest absolute Gasteiger partial charge is 0.328 e. The van der Waals surface area contributed by atoms with E-state index in [0.717, 1.165) is 0 Å². The molecular formula is C12H24N2O3. The summed E-state index contributed by atoms with van der Waals surface area (Å²) in [6.07, 6.45) is 0.416. The van der Waals surface area contributed by atoms with Crippen LogP contribution < -0.4 is 10.6 Å². The molecule has 0 aromatic rings. The van der Waals surface area contributed by atoms with Crippen molar-refractivity contribution in [2.24, 2.45) is 5.92 Å². The molecule has 5 nitrogen and oxygen atoms in total. The lowest BCUT2D eigenvalue weighted by Gasteiger charge is -2.20. The van der Waals surface area contributed by atoms with Gasteiger partial charge in [-0.2, -0.15) is 0 Å². The first-order chi connectivity index (χ1) is 7.86. The van der Waals surface area contributed by atoms with Gasteiger partial charge in [-0.05, 0) is 33.2 Å². The molecule has 0 heterocycles. The number of rotatable bonds is 7. The van der Waals surface area contributed by atoms with E-state index in [9.17, 15) is 9.59 Å². The fourth-order valence-corrected chi connectivity index (χ4v) is 1.41. The molecule has 0 aromatic heterocycles. The summed E-state index contributed by atoms with van der Waals surface area (Å²) < 4.78 is 5.12. The molecule has 0 bridgehead atoms. The Labute approximate surface area is 103 Å². The highest BCUT2D eigenvalue weighted by atomic mass is 16.5. The standard InChI is InChI=1S/C12H24N2O3/c1-8(2)6-10(12(16)17-9(3)4)14-11(15)7-13-5/h8-10,13H,6-7H2,1-5H3,(H,14,15)/t10-/m0/s1. The molecule has 100 valence electrons. The Morgan fingerprint density at radius 1 is 1.18 bits per heavy atom. The molecule has 0 aliphatic rings. The van der Waals surface area contributed by atoms with E-state index in [0.29, 0.717) is 12.3 Å². The number of hydrogen-bond donors (Lipinski definition) is 2. The maximum absolute atomic E-state index is 11.8. The third kappa shape index (κ3) is 7.74. The summed E-state index contributed by atoms with van der Waals surface area (Å²) in [6.45, 7) is 7.78. The van der Waals surface area contributed by atoms with E-state index in [-0.39, 0.29) is 24.5 Å². The van der Waals surface area contributed by atoms with Gasteiger partial charge in [-0.15, -0.1) is 0 Å². The zero-order valence-corrected chi connectivity index (χ0v) is 11.4. The largest absolute Gasteiger partial charge is 0.461 e. The van der Waals surface area contributed by atoms with Gasteiger partial charge in [0.25, 0.3) is 0 Å². The van der Waals surface area contributed by atoms with Crippen LogP contribution in [0.15, 0.2) is 0 Å². The van der Waals surface area contributed by atoms with Crippen LogP contribution in [-0.4, -0.2) is 37.6 Å². The van der Waals surface area contributed by atoms with Crippen molar-refractivity contribution in [3.05, 3.63) is 0 Å². The van der Waals surface area contributed by atoms with E-state index in [1.807, 2.05) is 13.8 Å². The molecule has 5 heteroatoms. The van der Waals surface area contributed by atoms with Crippen molar-refractivity contribution >= 4 is 11.9 Å². The number of carbonyl (C=O) groups is 2. The van der Waals surface area contributed by atoms with Crippen LogP contribution >= 0.6 is 0 Å². The molecule has 0 fully saturated rings. The minimum atomic E-state index is -0.557. The lowest BCUT2D eigenvalue weighted by atomic mass is 10.0. The summed E-state index contributed by atoms with van der Waals surface area (Å²) in [7, 11) is 1.68. The van der Waals surface area contributed by atoms with E-state index in [4.69, 9.17) is 4.74 Å². The van der Waals surface area contributed by atoms with Gasteiger partial charge in [-0.3, -0.25) is 4.79 Å². The van der Waals surface area contributed by atoms with Gasteiger partial charge in [0.05, 0.1) is 12.6 Å². The Morgan fingerprint density at radius 2 is 1.76 bits per heavy atom. The summed E-state index contributed by atoms with van der Waals surface area (Å²) in [5, 5.41) is 5.42. The first kappa shape index (κ1) is 15.9. The van der Waals surface area contributed by atoms with Gasteiger partial charge in [0.2, 0.25) is 5.91 Å². The van der Waals surface area contributed by atoms with Crippen LogP contribution in [-0.2, 0) is 14.3 Å². The SMILES string of the molecule is CNCC(=O)N[C@@H](CC(C)C)C(=O)OC(C)C. The quantitative estimate of drug-likeness (QED) is 0.647. The van der Waals surface area contributed by atoms with Gasteiger partial charge in [0.1, 0.15) is 6.04 Å². The maximum atomic E-state index is 11.8. The van der Waals surface area contributed by atoms with E-state index >= 15 is 0 Å². The number of amides is 1. The highest BCUT2D eigenvalue weighted by Gasteiger charge is 2.23. The van der Waals surface area contributed by atoms with Crippen LogP contribution in [0.5, 0.6) is 0 Å². The van der Waals surface area contributed by atoms with Gasteiger partial charge in [-0.25, -0.2) is 4.79 Å². The second kappa shape index (κ2) is 8.06. The van der Waals surface area contributed by atoms with Crippen molar-refractivity contribution in [3.63, 3.8) is 0 Å². The molecule has 0 saturated carbocycles. The molecule has 1 amide bonds. The third-order valence-electron chi connectivity index (χ3n) is 2.02. The van der Waals surface area contributed by atoms with Crippen LogP contribution in [0.25, 0.3) is 0 Å². The summed E-state index contributed by atoms with van der Waals surface area (Å²) in [6, 6.07) is -0.557. The van der Waals surface area contributed by atoms with Crippen molar-refractivity contribution in [2.45, 2.75) is 46.3 Å². The average Bonchev–Trinajstić information content (AvgIpc) is 2.15. The van der Waals surface area contributed by atoms with Crippen molar-refractivity contribution in [1.29, 1.82) is 0 Å². The molecule has 0 saturated heterocycles. The van der Waals surface area contributed by atoms with Crippen molar-refractivity contribution < 1.29 is 14.3 Å². The zero-order valence-electron chi connectivity index (χ0n) is 11.4. The number of likely N-dealkylation sites (N-methyl/N-ethyl adjacent to an activating group) is 1. The van der Waals surface area contributed by atoms with E-state index in [1.54, 1.807) is 20.9 Å². The molecule has 0 unspecified atom stereocenters. The number of ether oxygens (including phenoxy) is 1. The molecule has 1 atom stereocenters. The summed E-state index contributed by atoms with van der Waals surface area (Å²) in [4.78, 5) is 23.2. The van der Waals surface area contributed by atoms with Crippen molar-refractivity contribution in [1.82, 2.24) is 10.6 Å². The number of nitrogens with one attached hydrogen (secondary N) is 2. The zero-order chi connectivity index (χ0) is 13.4. The molecule has 0 spiro atoms. The predicted octanol–water partition coefficient (Wildman–Crippen LogP) is 0.688. The van der Waals surface area contributed by atoms with Crippen LogP contribution in [0.2, 0.25) is 0 Å². The fraction of sp³-hybridized carbons (Fsp3) is 0.833. The van der Waals surface area contributed by atoms with E-state index < -0.39 is 6.04 Å². The third-order valence-corrected chi connectivity index (χ3v) is 2.02. The number of carbonyl (C=O) groups excluding carboxylic acids is 2. The lowest BCUT2D eigenvalue weighted by molar-refractivity contribution is -0.151. The molecular weight excluding hydrogens is 220 g/mol. The molecule has 0 aliphatic carbocycles. The minimum absolute atomic E-state index is 0.168. The van der Waals surface area contributed by atoms with Gasteiger partial charge >= 0.3 is 5.97 Å². The Morgan fingerprint density at radius 3 is 2.18 bits per heavy atom. The molecule has 2 N–H and O–H groups in total. The molecule has 0 aromatic carbocycles. The normalized spacial score (nSPS) is 12.6. The maximum Gasteiger partial charge on any atom is 0.328 e. The van der Waals surface area contributed by atoms with Gasteiger partial charge < -0.3 is 15.4 Å². The van der Waals surface area contributed by atoms with Crippen LogP contribution in [0, 0.1) is 5.92 Å². The molecule has 0 rings (SSSR count). The Kier molecular flexibility index (Phi) is 7.54. The highest BCUT2D eigenvalue weighted by Crippen LogP contribution is 2.07. The second-order valence-electron chi connectivity index (χ2n) is 4.77. The Balaban J connectivity index is 4.41. The summed E-state index contributed by atoms with van der Waals surface area (Å²) in [5.41, 5.74) is 0. The van der Waals surface area contributed by atoms with Crippen molar-refractivity contribution in [2.75, 3.05) is 13.6 Å².